The zero-order chi connectivity index (χ0) is 14.5. The lowest BCUT2D eigenvalue weighted by molar-refractivity contribution is 0.0525. The van der Waals surface area contributed by atoms with Gasteiger partial charge in [-0.05, 0) is 38.5 Å². The average molecular weight is 332 g/mol. The molecule has 0 fully saturated rings. The molecule has 1 rings (SSSR count). The maximum absolute atomic E-state index is 12.9. The van der Waals surface area contributed by atoms with Crippen molar-refractivity contribution < 1.29 is 13.9 Å². The third-order valence-corrected chi connectivity index (χ3v) is 3.20. The van der Waals surface area contributed by atoms with Crippen molar-refractivity contribution in [3.05, 3.63) is 35.6 Å². The summed E-state index contributed by atoms with van der Waals surface area (Å²) in [5.41, 5.74) is 0.457. The number of carbonyl (C=O) groups is 1. The van der Waals surface area contributed by atoms with E-state index in [1.54, 1.807) is 12.1 Å². The molecule has 0 spiro atoms. The van der Waals surface area contributed by atoms with Crippen LogP contribution in [0.25, 0.3) is 0 Å². The molecule has 3 nitrogen and oxygen atoms in total. The summed E-state index contributed by atoms with van der Waals surface area (Å²) in [6, 6.07) is 6.27. The SMILES string of the molecule is CC(C)(C)OC(=O)NC[C@@H](CBr)c1ccc(F)cc1. The summed E-state index contributed by atoms with van der Waals surface area (Å²) in [5.74, 6) is -0.190. The minimum absolute atomic E-state index is 0.0770. The van der Waals surface area contributed by atoms with E-state index in [9.17, 15) is 9.18 Å². The zero-order valence-corrected chi connectivity index (χ0v) is 13.0. The van der Waals surface area contributed by atoms with Gasteiger partial charge in [0.25, 0.3) is 0 Å². The molecule has 0 heterocycles. The van der Waals surface area contributed by atoms with Crippen LogP contribution in [0.15, 0.2) is 24.3 Å². The van der Waals surface area contributed by atoms with Crippen LogP contribution < -0.4 is 5.32 Å². The van der Waals surface area contributed by atoms with Crippen LogP contribution >= 0.6 is 15.9 Å². The Morgan fingerprint density at radius 2 is 1.95 bits per heavy atom. The first kappa shape index (κ1) is 16.0. The van der Waals surface area contributed by atoms with Gasteiger partial charge in [0.1, 0.15) is 11.4 Å². The number of amides is 1. The number of alkyl halides is 1. The molecule has 0 saturated heterocycles. The number of benzene rings is 1. The van der Waals surface area contributed by atoms with Gasteiger partial charge in [-0.2, -0.15) is 0 Å². The van der Waals surface area contributed by atoms with Gasteiger partial charge in [0, 0.05) is 17.8 Å². The topological polar surface area (TPSA) is 38.3 Å². The Morgan fingerprint density at radius 1 is 1.37 bits per heavy atom. The highest BCUT2D eigenvalue weighted by molar-refractivity contribution is 9.09. The first-order chi connectivity index (χ1) is 8.81. The molecule has 0 aromatic heterocycles. The Balaban J connectivity index is 2.54. The molecule has 1 N–H and O–H groups in total. The van der Waals surface area contributed by atoms with Gasteiger partial charge in [-0.3, -0.25) is 0 Å². The Labute approximate surface area is 121 Å². The van der Waals surface area contributed by atoms with Gasteiger partial charge in [0.2, 0.25) is 0 Å². The van der Waals surface area contributed by atoms with Crippen molar-refractivity contribution in [2.75, 3.05) is 11.9 Å². The summed E-state index contributed by atoms with van der Waals surface area (Å²) in [5, 5.41) is 3.39. The second kappa shape index (κ2) is 6.89. The van der Waals surface area contributed by atoms with Crippen LogP contribution in [0.4, 0.5) is 9.18 Å². The number of nitrogens with one attached hydrogen (secondary N) is 1. The molecule has 1 aromatic rings. The minimum Gasteiger partial charge on any atom is -0.444 e. The highest BCUT2D eigenvalue weighted by Crippen LogP contribution is 2.18. The largest absolute Gasteiger partial charge is 0.444 e. The van der Waals surface area contributed by atoms with E-state index < -0.39 is 11.7 Å². The Morgan fingerprint density at radius 3 is 2.42 bits per heavy atom. The molecule has 0 radical (unpaired) electrons. The first-order valence-electron chi connectivity index (χ1n) is 6.10. The monoisotopic (exact) mass is 331 g/mol. The summed E-state index contributed by atoms with van der Waals surface area (Å²) >= 11 is 3.40. The fourth-order valence-electron chi connectivity index (χ4n) is 1.52. The van der Waals surface area contributed by atoms with Gasteiger partial charge in [0.15, 0.2) is 0 Å². The van der Waals surface area contributed by atoms with Crippen molar-refractivity contribution in [3.63, 3.8) is 0 Å². The van der Waals surface area contributed by atoms with E-state index in [4.69, 9.17) is 4.74 Å². The molecule has 0 unspecified atom stereocenters. The third-order valence-electron chi connectivity index (χ3n) is 2.42. The maximum atomic E-state index is 12.9. The van der Waals surface area contributed by atoms with Crippen molar-refractivity contribution in [1.29, 1.82) is 0 Å². The van der Waals surface area contributed by atoms with Crippen LogP contribution in [0.5, 0.6) is 0 Å². The van der Waals surface area contributed by atoms with E-state index in [-0.39, 0.29) is 11.7 Å². The molecule has 19 heavy (non-hydrogen) atoms. The molecular weight excluding hydrogens is 313 g/mol. The van der Waals surface area contributed by atoms with Gasteiger partial charge in [-0.15, -0.1) is 0 Å². The molecule has 1 aromatic carbocycles. The summed E-state index contributed by atoms with van der Waals surface area (Å²) in [4.78, 5) is 11.6. The Hall–Kier alpha value is -1.10. The van der Waals surface area contributed by atoms with E-state index in [1.807, 2.05) is 20.8 Å². The number of ether oxygens (including phenoxy) is 1. The van der Waals surface area contributed by atoms with Gasteiger partial charge >= 0.3 is 6.09 Å². The van der Waals surface area contributed by atoms with Crippen LogP contribution in [-0.4, -0.2) is 23.6 Å². The molecule has 0 aliphatic heterocycles. The van der Waals surface area contributed by atoms with Crippen LogP contribution in [-0.2, 0) is 4.74 Å². The van der Waals surface area contributed by atoms with Crippen LogP contribution in [0.3, 0.4) is 0 Å². The summed E-state index contributed by atoms with van der Waals surface area (Å²) in [6.07, 6.45) is -0.444. The number of hydrogen-bond acceptors (Lipinski definition) is 2. The summed E-state index contributed by atoms with van der Waals surface area (Å²) in [6.45, 7) is 5.88. The molecular formula is C14H19BrFNO2. The van der Waals surface area contributed by atoms with E-state index in [2.05, 4.69) is 21.2 Å². The number of alkyl carbamates (subject to hydrolysis) is 1. The lowest BCUT2D eigenvalue weighted by Gasteiger charge is -2.21. The van der Waals surface area contributed by atoms with E-state index >= 15 is 0 Å². The smallest absolute Gasteiger partial charge is 0.407 e. The van der Waals surface area contributed by atoms with Crippen molar-refractivity contribution in [1.82, 2.24) is 5.32 Å². The third kappa shape index (κ3) is 6.05. The molecule has 1 atom stereocenters. The predicted octanol–water partition coefficient (Wildman–Crippen LogP) is 3.83. The first-order valence-corrected chi connectivity index (χ1v) is 7.22. The second-order valence-electron chi connectivity index (χ2n) is 5.29. The fourth-order valence-corrected chi connectivity index (χ4v) is 2.12. The van der Waals surface area contributed by atoms with E-state index in [0.717, 1.165) is 5.56 Å². The molecule has 106 valence electrons. The fraction of sp³-hybridized carbons (Fsp3) is 0.500. The van der Waals surface area contributed by atoms with Crippen molar-refractivity contribution in [2.45, 2.75) is 32.3 Å². The molecule has 0 saturated carbocycles. The van der Waals surface area contributed by atoms with Crippen molar-refractivity contribution >= 4 is 22.0 Å². The van der Waals surface area contributed by atoms with Crippen LogP contribution in [0, 0.1) is 5.82 Å². The zero-order valence-electron chi connectivity index (χ0n) is 11.4. The number of hydrogen-bond donors (Lipinski definition) is 1. The van der Waals surface area contributed by atoms with E-state index in [0.29, 0.717) is 11.9 Å². The Kier molecular flexibility index (Phi) is 5.79. The number of halogens is 2. The Bertz CT molecular complexity index is 414. The van der Waals surface area contributed by atoms with Crippen molar-refractivity contribution in [3.8, 4) is 0 Å². The minimum atomic E-state index is -0.510. The predicted molar refractivity (Wildman–Crippen MR) is 77.2 cm³/mol. The van der Waals surface area contributed by atoms with Crippen LogP contribution in [0.2, 0.25) is 0 Å². The number of rotatable bonds is 4. The van der Waals surface area contributed by atoms with Gasteiger partial charge in [-0.1, -0.05) is 28.1 Å². The molecule has 0 aliphatic carbocycles. The number of carbonyl (C=O) groups excluding carboxylic acids is 1. The standard InChI is InChI=1S/C14H19BrFNO2/c1-14(2,3)19-13(18)17-9-11(8-15)10-4-6-12(16)7-5-10/h4-7,11H,8-9H2,1-3H3,(H,17,18)/t11-/m1/s1. The highest BCUT2D eigenvalue weighted by Gasteiger charge is 2.17. The molecule has 1 amide bonds. The molecule has 0 aliphatic rings. The van der Waals surface area contributed by atoms with Crippen LogP contribution in [0.1, 0.15) is 32.3 Å². The van der Waals surface area contributed by atoms with Gasteiger partial charge < -0.3 is 10.1 Å². The quantitative estimate of drug-likeness (QED) is 0.851. The lowest BCUT2D eigenvalue weighted by Crippen LogP contribution is -2.35. The second-order valence-corrected chi connectivity index (χ2v) is 5.93. The molecule has 5 heteroatoms. The normalized spacial score (nSPS) is 12.9. The lowest BCUT2D eigenvalue weighted by atomic mass is 10.0. The van der Waals surface area contributed by atoms with Gasteiger partial charge in [0.05, 0.1) is 0 Å². The van der Waals surface area contributed by atoms with Gasteiger partial charge in [-0.25, -0.2) is 9.18 Å². The average Bonchev–Trinajstić information content (AvgIpc) is 2.29. The molecule has 0 bridgehead atoms. The maximum Gasteiger partial charge on any atom is 0.407 e. The summed E-state index contributed by atoms with van der Waals surface area (Å²) in [7, 11) is 0. The van der Waals surface area contributed by atoms with E-state index in [1.165, 1.54) is 12.1 Å². The highest BCUT2D eigenvalue weighted by atomic mass is 79.9. The van der Waals surface area contributed by atoms with Crippen molar-refractivity contribution in [2.24, 2.45) is 0 Å². The summed E-state index contributed by atoms with van der Waals surface area (Å²) < 4.78 is 18.0.